The van der Waals surface area contributed by atoms with Crippen molar-refractivity contribution in [2.45, 2.75) is 31.9 Å². The predicted octanol–water partition coefficient (Wildman–Crippen LogP) is -1.70. The van der Waals surface area contributed by atoms with Crippen LogP contribution in [0.4, 0.5) is 0 Å². The minimum absolute atomic E-state index is 0.132. The summed E-state index contributed by atoms with van der Waals surface area (Å²) < 4.78 is 32.6. The van der Waals surface area contributed by atoms with Crippen LogP contribution in [0.2, 0.25) is 0 Å². The van der Waals surface area contributed by atoms with Crippen molar-refractivity contribution < 1.29 is 28.4 Å². The molecule has 0 aromatic carbocycles. The molecule has 0 aliphatic carbocycles. The summed E-state index contributed by atoms with van der Waals surface area (Å²) >= 11 is 0. The van der Waals surface area contributed by atoms with E-state index in [0.29, 0.717) is 6.42 Å². The Labute approximate surface area is 101 Å². The number of nitrogens with zero attached hydrogens (tertiary/aromatic N) is 1. The monoisotopic (exact) mass is 267 g/mol. The van der Waals surface area contributed by atoms with Crippen molar-refractivity contribution in [1.29, 1.82) is 0 Å². The molecule has 0 bridgehead atoms. The Morgan fingerprint density at radius 1 is 1.29 bits per heavy atom. The molecule has 2 unspecified atom stereocenters. The van der Waals surface area contributed by atoms with Crippen molar-refractivity contribution in [3.8, 4) is 0 Å². The van der Waals surface area contributed by atoms with Crippen LogP contribution in [0.1, 0.15) is 20.3 Å². The van der Waals surface area contributed by atoms with Gasteiger partial charge in [0.05, 0.1) is 0 Å². The van der Waals surface area contributed by atoms with Crippen LogP contribution in [0.25, 0.3) is 0 Å². The molecule has 0 amide bonds. The summed E-state index contributed by atoms with van der Waals surface area (Å²) in [6.45, 7) is 2.49. The van der Waals surface area contributed by atoms with E-state index in [9.17, 15) is 18.2 Å². The molecule has 0 rings (SSSR count). The van der Waals surface area contributed by atoms with Crippen molar-refractivity contribution in [1.82, 2.24) is 4.90 Å². The first-order chi connectivity index (χ1) is 7.80. The summed E-state index contributed by atoms with van der Waals surface area (Å²) in [5, 5.41) is 27.6. The quantitative estimate of drug-likeness (QED) is 0.354. The van der Waals surface area contributed by atoms with Crippen LogP contribution in [0.15, 0.2) is 0 Å². The summed E-state index contributed by atoms with van der Waals surface area (Å²) in [6.07, 6.45) is 0.00658. The molecule has 0 saturated heterocycles. The molecular formula is C8H18BNO6S. The van der Waals surface area contributed by atoms with Crippen molar-refractivity contribution in [3.63, 3.8) is 0 Å². The van der Waals surface area contributed by atoms with E-state index >= 15 is 0 Å². The van der Waals surface area contributed by atoms with E-state index in [1.54, 1.807) is 0 Å². The zero-order valence-corrected chi connectivity index (χ0v) is 10.7. The van der Waals surface area contributed by atoms with E-state index in [1.165, 1.54) is 0 Å². The third-order valence-corrected chi connectivity index (χ3v) is 3.42. The van der Waals surface area contributed by atoms with E-state index < -0.39 is 34.6 Å². The van der Waals surface area contributed by atoms with Crippen molar-refractivity contribution >= 4 is 16.1 Å². The van der Waals surface area contributed by atoms with Gasteiger partial charge >= 0.3 is 101 Å². The summed E-state index contributed by atoms with van der Waals surface area (Å²) in [4.78, 5) is 0.768. The van der Waals surface area contributed by atoms with Gasteiger partial charge < -0.3 is 0 Å². The number of hydrogen-bond donors (Lipinski definition) is 3. The molecule has 0 spiro atoms. The van der Waals surface area contributed by atoms with E-state index in [2.05, 4.69) is 0 Å². The second-order valence-corrected chi connectivity index (χ2v) is 5.93. The van der Waals surface area contributed by atoms with Crippen molar-refractivity contribution in [3.05, 3.63) is 0 Å². The van der Waals surface area contributed by atoms with Crippen LogP contribution in [-0.4, -0.2) is 60.0 Å². The Balaban J connectivity index is 4.97. The van der Waals surface area contributed by atoms with E-state index in [0.717, 1.165) is 4.90 Å². The number of hydrogen-bond acceptors (Lipinski definition) is 7. The maximum atomic E-state index is 11.2. The van der Waals surface area contributed by atoms with Gasteiger partial charge in [0.15, 0.2) is 0 Å². The van der Waals surface area contributed by atoms with Gasteiger partial charge in [0.1, 0.15) is 0 Å². The predicted molar refractivity (Wildman–Crippen MR) is 60.6 cm³/mol. The third kappa shape index (κ3) is 4.80. The molecule has 0 fully saturated rings. The molecule has 0 saturated carbocycles. The van der Waals surface area contributed by atoms with Gasteiger partial charge in [0.25, 0.3) is 0 Å². The number of aliphatic hydroxyl groups is 3. The Morgan fingerprint density at radius 2 is 1.82 bits per heavy atom. The van der Waals surface area contributed by atoms with Gasteiger partial charge in [-0.15, -0.1) is 0 Å². The molecule has 0 radical (unpaired) electrons. The van der Waals surface area contributed by atoms with Crippen molar-refractivity contribution in [2.75, 3.05) is 13.3 Å². The number of rotatable bonds is 8. The molecule has 7 nitrogen and oxygen atoms in total. The first-order valence-corrected chi connectivity index (χ1v) is 6.75. The van der Waals surface area contributed by atoms with Crippen LogP contribution >= 0.6 is 0 Å². The summed E-state index contributed by atoms with van der Waals surface area (Å²) in [7, 11) is -4.37. The first kappa shape index (κ1) is 16.7. The number of aliphatic hydroxyl groups excluding tert-OH is 3. The van der Waals surface area contributed by atoms with Crippen LogP contribution < -0.4 is 0 Å². The average Bonchev–Trinajstić information content (AvgIpc) is 2.27. The van der Waals surface area contributed by atoms with E-state index in [-0.39, 0.29) is 12.3 Å². The fourth-order valence-electron chi connectivity index (χ4n) is 1.46. The van der Waals surface area contributed by atoms with Gasteiger partial charge in [0.2, 0.25) is 0 Å². The normalized spacial score (nSPS) is 15.9. The summed E-state index contributed by atoms with van der Waals surface area (Å²) in [5.41, 5.74) is -2.14. The van der Waals surface area contributed by atoms with Crippen molar-refractivity contribution in [2.24, 2.45) is 5.92 Å². The third-order valence-electron chi connectivity index (χ3n) is 2.30. The maximum absolute atomic E-state index is 11.2. The van der Waals surface area contributed by atoms with Gasteiger partial charge in [-0.2, -0.15) is 0 Å². The molecule has 0 aliphatic heterocycles. The molecule has 3 N–H and O–H groups in total. The van der Waals surface area contributed by atoms with Gasteiger partial charge in [-0.1, -0.05) is 0 Å². The van der Waals surface area contributed by atoms with Crippen LogP contribution in [0.3, 0.4) is 0 Å². The van der Waals surface area contributed by atoms with Crippen LogP contribution in [0, 0.1) is 5.92 Å². The minimum atomic E-state index is -4.37. The second-order valence-electron chi connectivity index (χ2n) is 4.13. The van der Waals surface area contributed by atoms with Gasteiger partial charge in [-0.05, 0) is 0 Å². The topological polar surface area (TPSA) is 115 Å². The van der Waals surface area contributed by atoms with E-state index in [1.807, 2.05) is 13.8 Å². The molecule has 100 valence electrons. The molecule has 17 heavy (non-hydrogen) atoms. The Hall–Kier alpha value is -0.345. The Kier molecular flexibility index (Phi) is 7.02. The fourth-order valence-corrected chi connectivity index (χ4v) is 2.18. The molecular weight excluding hydrogens is 249 g/mol. The molecule has 0 aromatic heterocycles. The zero-order valence-electron chi connectivity index (χ0n) is 9.85. The molecule has 2 atom stereocenters. The molecule has 0 heterocycles. The molecule has 9 heteroatoms. The molecule has 0 aromatic rings. The zero-order chi connectivity index (χ0) is 13.6. The van der Waals surface area contributed by atoms with Gasteiger partial charge in [-0.25, -0.2) is 0 Å². The summed E-state index contributed by atoms with van der Waals surface area (Å²) in [6, 6.07) is -0.732. The van der Waals surface area contributed by atoms with Gasteiger partial charge in [0, 0.05) is 0 Å². The summed E-state index contributed by atoms with van der Waals surface area (Å²) in [5.74, 6) is 0.132. The average molecular weight is 267 g/mol. The first-order valence-electron chi connectivity index (χ1n) is 5.14. The van der Waals surface area contributed by atoms with E-state index in [4.69, 9.17) is 10.2 Å². The Bertz CT molecular complexity index is 333. The molecule has 0 aliphatic rings. The van der Waals surface area contributed by atoms with Gasteiger partial charge in [-0.3, -0.25) is 0 Å². The standard InChI is InChI=1S/C8H18BNO6S/c1-6(2)3-7(4-11)10(5-12)8(13)17(15,16)9-14/h6-8,11-13H,3-5H2,1-2H3. The second kappa shape index (κ2) is 7.17. The fraction of sp³-hybridized carbons (Fsp3) is 1.00. The van der Waals surface area contributed by atoms with Crippen LogP contribution in [0.5, 0.6) is 0 Å². The Morgan fingerprint density at radius 3 is 2.12 bits per heavy atom. The van der Waals surface area contributed by atoms with Crippen LogP contribution in [-0.2, 0) is 14.4 Å². The SMILES string of the molecule is CC(C)CC(CO)N(CO)C(O)S(=O)(=O)B=O.